The molecule has 2 rings (SSSR count). The molecule has 110 valence electrons. The maximum absolute atomic E-state index is 12.1. The minimum absolute atomic E-state index is 0. The standard InChI is InChI=1S/C13H23N3O2.ClH/c14-9-11-4-7-15(8-5-11)13(18)10-16-6-2-1-3-12(16)17;/h11H,1-10,14H2;1H. The largest absolute Gasteiger partial charge is 0.341 e. The lowest BCUT2D eigenvalue weighted by Crippen LogP contribution is -2.47. The Balaban J connectivity index is 0.00000180. The Morgan fingerprint density at radius 2 is 1.89 bits per heavy atom. The molecule has 2 heterocycles. The first-order chi connectivity index (χ1) is 8.70. The van der Waals surface area contributed by atoms with Gasteiger partial charge in [0.05, 0.1) is 6.54 Å². The van der Waals surface area contributed by atoms with Crippen molar-refractivity contribution in [1.29, 1.82) is 0 Å². The normalized spacial score (nSPS) is 21.2. The van der Waals surface area contributed by atoms with Crippen LogP contribution in [0.25, 0.3) is 0 Å². The zero-order valence-corrected chi connectivity index (χ0v) is 12.2. The summed E-state index contributed by atoms with van der Waals surface area (Å²) in [4.78, 5) is 27.3. The fraction of sp³-hybridized carbons (Fsp3) is 0.846. The summed E-state index contributed by atoms with van der Waals surface area (Å²) < 4.78 is 0. The SMILES string of the molecule is Cl.NCC1CCN(C(=O)CN2CCCCC2=O)CC1. The van der Waals surface area contributed by atoms with Gasteiger partial charge in [0.15, 0.2) is 0 Å². The second kappa shape index (κ2) is 7.70. The summed E-state index contributed by atoms with van der Waals surface area (Å²) in [5, 5.41) is 0. The smallest absolute Gasteiger partial charge is 0.242 e. The van der Waals surface area contributed by atoms with Gasteiger partial charge in [-0.25, -0.2) is 0 Å². The zero-order valence-electron chi connectivity index (χ0n) is 11.3. The Hall–Kier alpha value is -0.810. The summed E-state index contributed by atoms with van der Waals surface area (Å²) in [5.41, 5.74) is 5.64. The first-order valence-corrected chi connectivity index (χ1v) is 6.96. The van der Waals surface area contributed by atoms with E-state index in [1.54, 1.807) is 4.90 Å². The van der Waals surface area contributed by atoms with Crippen LogP contribution in [-0.4, -0.2) is 54.3 Å². The molecule has 2 fully saturated rings. The average Bonchev–Trinajstić information content (AvgIpc) is 2.41. The molecule has 0 atom stereocenters. The second-order valence-corrected chi connectivity index (χ2v) is 5.33. The fourth-order valence-corrected chi connectivity index (χ4v) is 2.71. The number of hydrogen-bond donors (Lipinski definition) is 1. The van der Waals surface area contributed by atoms with Gasteiger partial charge in [0.1, 0.15) is 0 Å². The Morgan fingerprint density at radius 3 is 2.47 bits per heavy atom. The van der Waals surface area contributed by atoms with E-state index in [0.717, 1.165) is 45.3 Å². The van der Waals surface area contributed by atoms with Gasteiger partial charge in [0.2, 0.25) is 11.8 Å². The Kier molecular flexibility index (Phi) is 6.58. The molecule has 0 radical (unpaired) electrons. The summed E-state index contributed by atoms with van der Waals surface area (Å²) in [5.74, 6) is 0.790. The van der Waals surface area contributed by atoms with Crippen LogP contribution in [-0.2, 0) is 9.59 Å². The van der Waals surface area contributed by atoms with Crippen LogP contribution in [0.4, 0.5) is 0 Å². The van der Waals surface area contributed by atoms with Crippen LogP contribution in [0.15, 0.2) is 0 Å². The molecule has 0 aromatic carbocycles. The number of carbonyl (C=O) groups excluding carboxylic acids is 2. The molecule has 6 heteroatoms. The lowest BCUT2D eigenvalue weighted by molar-refractivity contribution is -0.142. The first-order valence-electron chi connectivity index (χ1n) is 6.96. The number of rotatable bonds is 3. The van der Waals surface area contributed by atoms with Crippen molar-refractivity contribution in [2.45, 2.75) is 32.1 Å². The van der Waals surface area contributed by atoms with Gasteiger partial charge in [-0.15, -0.1) is 12.4 Å². The Morgan fingerprint density at radius 1 is 1.21 bits per heavy atom. The van der Waals surface area contributed by atoms with Gasteiger partial charge in [-0.3, -0.25) is 9.59 Å². The highest BCUT2D eigenvalue weighted by molar-refractivity contribution is 5.85. The number of amides is 2. The number of halogens is 1. The van der Waals surface area contributed by atoms with Crippen LogP contribution < -0.4 is 5.73 Å². The predicted molar refractivity (Wildman–Crippen MR) is 76.0 cm³/mol. The number of likely N-dealkylation sites (tertiary alicyclic amines) is 2. The molecule has 2 N–H and O–H groups in total. The van der Waals surface area contributed by atoms with Crippen molar-refractivity contribution in [3.05, 3.63) is 0 Å². The van der Waals surface area contributed by atoms with Gasteiger partial charge in [0.25, 0.3) is 0 Å². The van der Waals surface area contributed by atoms with E-state index in [2.05, 4.69) is 0 Å². The molecule has 0 aromatic heterocycles. The zero-order chi connectivity index (χ0) is 13.0. The van der Waals surface area contributed by atoms with Gasteiger partial charge < -0.3 is 15.5 Å². The third kappa shape index (κ3) is 4.35. The molecule has 0 unspecified atom stereocenters. The molecule has 2 amide bonds. The summed E-state index contributed by atoms with van der Waals surface area (Å²) in [6.07, 6.45) is 4.58. The van der Waals surface area contributed by atoms with Crippen molar-refractivity contribution < 1.29 is 9.59 Å². The number of nitrogens with two attached hydrogens (primary N) is 1. The van der Waals surface area contributed by atoms with Crippen molar-refractivity contribution in [1.82, 2.24) is 9.80 Å². The maximum atomic E-state index is 12.1. The van der Waals surface area contributed by atoms with E-state index in [1.165, 1.54) is 0 Å². The van der Waals surface area contributed by atoms with Crippen molar-refractivity contribution in [2.75, 3.05) is 32.7 Å². The molecule has 0 aliphatic carbocycles. The monoisotopic (exact) mass is 289 g/mol. The molecule has 0 spiro atoms. The minimum atomic E-state index is 0. The van der Waals surface area contributed by atoms with E-state index in [1.807, 2.05) is 4.90 Å². The lowest BCUT2D eigenvalue weighted by Gasteiger charge is -2.34. The van der Waals surface area contributed by atoms with Crippen molar-refractivity contribution in [3.63, 3.8) is 0 Å². The highest BCUT2D eigenvalue weighted by Crippen LogP contribution is 2.17. The fourth-order valence-electron chi connectivity index (χ4n) is 2.71. The van der Waals surface area contributed by atoms with Crippen LogP contribution in [0.3, 0.4) is 0 Å². The first kappa shape index (κ1) is 16.2. The Bertz CT molecular complexity index is 317. The molecular weight excluding hydrogens is 266 g/mol. The van der Waals surface area contributed by atoms with Gasteiger partial charge >= 0.3 is 0 Å². The van der Waals surface area contributed by atoms with Gasteiger partial charge in [-0.2, -0.15) is 0 Å². The summed E-state index contributed by atoms with van der Waals surface area (Å²) in [6.45, 7) is 3.31. The van der Waals surface area contributed by atoms with E-state index in [-0.39, 0.29) is 30.8 Å². The molecule has 2 saturated heterocycles. The third-order valence-electron chi connectivity index (χ3n) is 4.05. The average molecular weight is 290 g/mol. The van der Waals surface area contributed by atoms with Gasteiger partial charge in [-0.1, -0.05) is 0 Å². The summed E-state index contributed by atoms with van der Waals surface area (Å²) in [7, 11) is 0. The number of piperidine rings is 2. The second-order valence-electron chi connectivity index (χ2n) is 5.33. The molecular formula is C13H24ClN3O2. The molecule has 19 heavy (non-hydrogen) atoms. The van der Waals surface area contributed by atoms with Crippen LogP contribution in [0.1, 0.15) is 32.1 Å². The van der Waals surface area contributed by atoms with E-state index in [0.29, 0.717) is 18.9 Å². The van der Waals surface area contributed by atoms with E-state index < -0.39 is 0 Å². The van der Waals surface area contributed by atoms with E-state index in [4.69, 9.17) is 5.73 Å². The summed E-state index contributed by atoms with van der Waals surface area (Å²) in [6, 6.07) is 0. The van der Waals surface area contributed by atoms with Crippen molar-refractivity contribution in [2.24, 2.45) is 11.7 Å². The molecule has 5 nitrogen and oxygen atoms in total. The highest BCUT2D eigenvalue weighted by atomic mass is 35.5. The highest BCUT2D eigenvalue weighted by Gasteiger charge is 2.26. The lowest BCUT2D eigenvalue weighted by atomic mass is 9.97. The van der Waals surface area contributed by atoms with Crippen LogP contribution in [0, 0.1) is 5.92 Å². The van der Waals surface area contributed by atoms with Crippen LogP contribution in [0.5, 0.6) is 0 Å². The molecule has 0 saturated carbocycles. The maximum Gasteiger partial charge on any atom is 0.242 e. The number of hydrogen-bond acceptors (Lipinski definition) is 3. The molecule has 0 aromatic rings. The predicted octanol–water partition coefficient (Wildman–Crippen LogP) is 0.618. The molecule has 0 bridgehead atoms. The Labute approximate surface area is 120 Å². The van der Waals surface area contributed by atoms with Crippen LogP contribution >= 0.6 is 12.4 Å². The third-order valence-corrected chi connectivity index (χ3v) is 4.05. The minimum Gasteiger partial charge on any atom is -0.341 e. The van der Waals surface area contributed by atoms with Gasteiger partial charge in [0, 0.05) is 26.1 Å². The summed E-state index contributed by atoms with van der Waals surface area (Å²) >= 11 is 0. The molecule has 2 aliphatic heterocycles. The van der Waals surface area contributed by atoms with Gasteiger partial charge in [-0.05, 0) is 38.1 Å². The number of carbonyl (C=O) groups is 2. The topological polar surface area (TPSA) is 66.6 Å². The van der Waals surface area contributed by atoms with Crippen molar-refractivity contribution in [3.8, 4) is 0 Å². The van der Waals surface area contributed by atoms with Crippen LogP contribution in [0.2, 0.25) is 0 Å². The quantitative estimate of drug-likeness (QED) is 0.828. The number of nitrogens with zero attached hydrogens (tertiary/aromatic N) is 2. The van der Waals surface area contributed by atoms with E-state index >= 15 is 0 Å². The van der Waals surface area contributed by atoms with Crippen molar-refractivity contribution >= 4 is 24.2 Å². The molecule has 2 aliphatic rings. The van der Waals surface area contributed by atoms with E-state index in [9.17, 15) is 9.59 Å².